The molecule has 2 N–H and O–H groups in total. The van der Waals surface area contributed by atoms with Crippen LogP contribution in [0.3, 0.4) is 0 Å². The Kier molecular flexibility index (Phi) is 2.62. The van der Waals surface area contributed by atoms with Gasteiger partial charge >= 0.3 is 12.0 Å². The number of carbonyl (C=O) groups excluding carboxylic acids is 2. The van der Waals surface area contributed by atoms with Crippen molar-refractivity contribution in [2.24, 2.45) is 0 Å². The molecule has 0 aromatic carbocycles. The fourth-order valence-electron chi connectivity index (χ4n) is 1.71. The van der Waals surface area contributed by atoms with Gasteiger partial charge in [-0.2, -0.15) is 0 Å². The highest BCUT2D eigenvalue weighted by Crippen LogP contribution is 2.31. The van der Waals surface area contributed by atoms with Crippen molar-refractivity contribution in [2.45, 2.75) is 12.5 Å². The summed E-state index contributed by atoms with van der Waals surface area (Å²) in [6, 6.07) is 2.82. The molecule has 90 valence electrons. The van der Waals surface area contributed by atoms with Crippen molar-refractivity contribution < 1.29 is 19.5 Å². The Hall–Kier alpha value is -1.89. The second-order valence-corrected chi connectivity index (χ2v) is 4.77. The largest absolute Gasteiger partial charge is 0.480 e. The van der Waals surface area contributed by atoms with Crippen LogP contribution < -0.4 is 5.32 Å². The molecule has 1 aliphatic heterocycles. The minimum atomic E-state index is -1.22. The number of hydrogen-bond donors (Lipinski definition) is 2. The van der Waals surface area contributed by atoms with E-state index < -0.39 is 30.0 Å². The number of carboxylic acid groups (broad SMARTS) is 1. The number of amides is 3. The number of aliphatic carboxylic acids is 1. The highest BCUT2D eigenvalue weighted by molar-refractivity contribution is 7.10. The van der Waals surface area contributed by atoms with E-state index in [-0.39, 0.29) is 0 Å². The molecule has 0 bridgehead atoms. The third-order valence-corrected chi connectivity index (χ3v) is 3.67. The zero-order chi connectivity index (χ0) is 12.6. The Bertz CT molecular complexity index is 485. The Morgan fingerprint density at radius 1 is 1.59 bits per heavy atom. The molecular weight excluding hydrogens is 244 g/mol. The molecule has 1 aliphatic rings. The van der Waals surface area contributed by atoms with Crippen LogP contribution >= 0.6 is 11.3 Å². The molecule has 0 aliphatic carbocycles. The Labute approximate surface area is 101 Å². The van der Waals surface area contributed by atoms with Gasteiger partial charge in [0.15, 0.2) is 5.54 Å². The predicted molar refractivity (Wildman–Crippen MR) is 59.6 cm³/mol. The second-order valence-electron chi connectivity index (χ2n) is 3.82. The lowest BCUT2D eigenvalue weighted by Gasteiger charge is -2.19. The van der Waals surface area contributed by atoms with Crippen LogP contribution in [0.2, 0.25) is 0 Å². The van der Waals surface area contributed by atoms with Crippen molar-refractivity contribution in [3.05, 3.63) is 22.4 Å². The minimum absolute atomic E-state index is 0.535. The summed E-state index contributed by atoms with van der Waals surface area (Å²) in [4.78, 5) is 35.6. The summed E-state index contributed by atoms with van der Waals surface area (Å²) in [5.74, 6) is -1.75. The van der Waals surface area contributed by atoms with Crippen LogP contribution in [0.15, 0.2) is 17.5 Å². The SMILES string of the molecule is CC1(c2cccs2)NC(=O)N(CC(=O)O)C1=O. The van der Waals surface area contributed by atoms with Crippen LogP contribution in [-0.2, 0) is 15.1 Å². The fourth-order valence-corrected chi connectivity index (χ4v) is 2.54. The van der Waals surface area contributed by atoms with E-state index in [9.17, 15) is 14.4 Å². The molecule has 1 aromatic heterocycles. The number of imide groups is 1. The summed E-state index contributed by atoms with van der Waals surface area (Å²) in [7, 11) is 0. The van der Waals surface area contributed by atoms with E-state index >= 15 is 0 Å². The molecule has 2 heterocycles. The maximum absolute atomic E-state index is 12.1. The van der Waals surface area contributed by atoms with Gasteiger partial charge in [0.05, 0.1) is 0 Å². The number of nitrogens with one attached hydrogen (secondary N) is 1. The number of carboxylic acids is 1. The van der Waals surface area contributed by atoms with Gasteiger partial charge in [-0.25, -0.2) is 4.79 Å². The zero-order valence-electron chi connectivity index (χ0n) is 8.97. The lowest BCUT2D eigenvalue weighted by Crippen LogP contribution is -2.40. The van der Waals surface area contributed by atoms with Crippen LogP contribution in [0.25, 0.3) is 0 Å². The van der Waals surface area contributed by atoms with Gasteiger partial charge in [0.25, 0.3) is 5.91 Å². The van der Waals surface area contributed by atoms with Crippen molar-refractivity contribution in [3.8, 4) is 0 Å². The highest BCUT2D eigenvalue weighted by Gasteiger charge is 2.50. The molecule has 2 rings (SSSR count). The molecule has 6 nitrogen and oxygen atoms in total. The van der Waals surface area contributed by atoms with E-state index in [2.05, 4.69) is 5.32 Å². The van der Waals surface area contributed by atoms with Crippen molar-refractivity contribution in [2.75, 3.05) is 6.54 Å². The second kappa shape index (κ2) is 3.85. The van der Waals surface area contributed by atoms with Gasteiger partial charge in [-0.15, -0.1) is 11.3 Å². The average molecular weight is 254 g/mol. The first-order valence-corrected chi connectivity index (χ1v) is 5.73. The maximum Gasteiger partial charge on any atom is 0.325 e. The third-order valence-electron chi connectivity index (χ3n) is 2.58. The fraction of sp³-hybridized carbons (Fsp3) is 0.300. The van der Waals surface area contributed by atoms with E-state index in [4.69, 9.17) is 5.11 Å². The quantitative estimate of drug-likeness (QED) is 0.773. The Morgan fingerprint density at radius 3 is 2.82 bits per heavy atom. The number of hydrogen-bond acceptors (Lipinski definition) is 4. The van der Waals surface area contributed by atoms with Gasteiger partial charge in [-0.1, -0.05) is 6.07 Å². The number of carbonyl (C=O) groups is 3. The summed E-state index contributed by atoms with van der Waals surface area (Å²) in [5.41, 5.74) is -1.15. The van der Waals surface area contributed by atoms with Crippen molar-refractivity contribution in [1.29, 1.82) is 0 Å². The van der Waals surface area contributed by atoms with Crippen molar-refractivity contribution in [3.63, 3.8) is 0 Å². The summed E-state index contributed by atoms with van der Waals surface area (Å²) < 4.78 is 0. The van der Waals surface area contributed by atoms with Crippen LogP contribution in [0.5, 0.6) is 0 Å². The summed E-state index contributed by atoms with van der Waals surface area (Å²) in [6.07, 6.45) is 0. The summed E-state index contributed by atoms with van der Waals surface area (Å²) in [6.45, 7) is 0.951. The standard InChI is InChI=1S/C10H10N2O4S/c1-10(6-3-2-4-17-6)8(15)12(5-7(13)14)9(16)11-10/h2-4H,5H2,1H3,(H,11,16)(H,13,14). The molecule has 1 atom stereocenters. The molecule has 1 saturated heterocycles. The zero-order valence-corrected chi connectivity index (χ0v) is 9.78. The lowest BCUT2D eigenvalue weighted by molar-refractivity contribution is -0.142. The molecule has 0 spiro atoms. The molecule has 7 heteroatoms. The predicted octanol–water partition coefficient (Wildman–Crippen LogP) is 0.600. The summed E-state index contributed by atoms with van der Waals surface area (Å²) in [5, 5.41) is 13.0. The van der Waals surface area contributed by atoms with Crippen LogP contribution in [0, 0.1) is 0 Å². The molecule has 0 saturated carbocycles. The molecular formula is C10H10N2O4S. The molecule has 3 amide bonds. The maximum atomic E-state index is 12.1. The number of urea groups is 1. The van der Waals surface area contributed by atoms with E-state index in [0.717, 1.165) is 0 Å². The van der Waals surface area contributed by atoms with Crippen LogP contribution in [0.4, 0.5) is 4.79 Å². The number of thiophene rings is 1. The number of nitrogens with zero attached hydrogens (tertiary/aromatic N) is 1. The monoisotopic (exact) mass is 254 g/mol. The first kappa shape index (κ1) is 11.6. The molecule has 1 unspecified atom stereocenters. The first-order chi connectivity index (χ1) is 7.95. The minimum Gasteiger partial charge on any atom is -0.480 e. The van der Waals surface area contributed by atoms with Crippen molar-refractivity contribution >= 4 is 29.2 Å². The van der Waals surface area contributed by atoms with E-state index in [1.165, 1.54) is 11.3 Å². The lowest BCUT2D eigenvalue weighted by atomic mass is 10.0. The van der Waals surface area contributed by atoms with Crippen molar-refractivity contribution in [1.82, 2.24) is 10.2 Å². The van der Waals surface area contributed by atoms with Gasteiger partial charge in [0.2, 0.25) is 0 Å². The molecule has 17 heavy (non-hydrogen) atoms. The van der Waals surface area contributed by atoms with E-state index in [0.29, 0.717) is 9.78 Å². The van der Waals surface area contributed by atoms with Gasteiger partial charge in [0, 0.05) is 4.88 Å². The smallest absolute Gasteiger partial charge is 0.325 e. The Balaban J connectivity index is 2.32. The first-order valence-electron chi connectivity index (χ1n) is 4.85. The highest BCUT2D eigenvalue weighted by atomic mass is 32.1. The Morgan fingerprint density at radius 2 is 2.29 bits per heavy atom. The molecule has 1 aromatic rings. The normalized spacial score (nSPS) is 23.9. The van der Waals surface area contributed by atoms with Gasteiger partial charge in [-0.3, -0.25) is 14.5 Å². The third kappa shape index (κ3) is 1.78. The summed E-state index contributed by atoms with van der Waals surface area (Å²) >= 11 is 1.34. The van der Waals surface area contributed by atoms with E-state index in [1.54, 1.807) is 24.4 Å². The average Bonchev–Trinajstić information content (AvgIpc) is 2.83. The molecule has 1 fully saturated rings. The van der Waals surface area contributed by atoms with Gasteiger partial charge in [0.1, 0.15) is 6.54 Å². The topological polar surface area (TPSA) is 86.7 Å². The number of rotatable bonds is 3. The van der Waals surface area contributed by atoms with Crippen LogP contribution in [0.1, 0.15) is 11.8 Å². The van der Waals surface area contributed by atoms with E-state index in [1.807, 2.05) is 0 Å². The van der Waals surface area contributed by atoms with Gasteiger partial charge in [-0.05, 0) is 18.4 Å². The molecule has 0 radical (unpaired) electrons. The van der Waals surface area contributed by atoms with Gasteiger partial charge < -0.3 is 10.4 Å². The van der Waals surface area contributed by atoms with Crippen LogP contribution in [-0.4, -0.2) is 34.5 Å².